The van der Waals surface area contributed by atoms with Gasteiger partial charge in [0.1, 0.15) is 11.1 Å². The largest absolute Gasteiger partial charge is 0.361 e. The molecule has 6 unspecified atom stereocenters. The van der Waals surface area contributed by atoms with Crippen molar-refractivity contribution in [2.45, 2.75) is 48.7 Å². The minimum Gasteiger partial charge on any atom is -0.361 e. The first-order valence-electron chi connectivity index (χ1n) is 5.70. The standard InChI is InChI=1S/C10H15BrO4S/c1-5(11)14-9-6-2-3-7-8(4-6)16(12,13)15-10(7)9/h5-10H,2-4H2,1H3. The zero-order chi connectivity index (χ0) is 11.5. The highest BCUT2D eigenvalue weighted by molar-refractivity contribution is 9.09. The molecule has 0 N–H and O–H groups in total. The predicted octanol–water partition coefficient (Wildman–Crippen LogP) is 1.64. The van der Waals surface area contributed by atoms with Crippen LogP contribution in [0.4, 0.5) is 0 Å². The van der Waals surface area contributed by atoms with Crippen molar-refractivity contribution in [2.24, 2.45) is 11.8 Å². The van der Waals surface area contributed by atoms with Gasteiger partial charge in [-0.1, -0.05) is 15.9 Å². The third-order valence-corrected chi connectivity index (χ3v) is 6.04. The van der Waals surface area contributed by atoms with Gasteiger partial charge in [-0.2, -0.15) is 8.42 Å². The highest BCUT2D eigenvalue weighted by Crippen LogP contribution is 2.52. The van der Waals surface area contributed by atoms with Crippen LogP contribution >= 0.6 is 15.9 Å². The molecule has 0 aromatic rings. The van der Waals surface area contributed by atoms with Gasteiger partial charge >= 0.3 is 0 Å². The van der Waals surface area contributed by atoms with Crippen molar-refractivity contribution in [3.05, 3.63) is 0 Å². The minimum absolute atomic E-state index is 0.0535. The molecule has 4 rings (SSSR count). The van der Waals surface area contributed by atoms with Crippen molar-refractivity contribution in [1.82, 2.24) is 0 Å². The number of hydrogen-bond acceptors (Lipinski definition) is 4. The van der Waals surface area contributed by atoms with Crippen LogP contribution in [0.2, 0.25) is 0 Å². The first kappa shape index (κ1) is 11.4. The monoisotopic (exact) mass is 310 g/mol. The molecule has 3 saturated carbocycles. The Balaban J connectivity index is 1.91. The van der Waals surface area contributed by atoms with E-state index in [1.54, 1.807) is 0 Å². The lowest BCUT2D eigenvalue weighted by molar-refractivity contribution is -0.112. The fourth-order valence-corrected chi connectivity index (χ4v) is 5.61. The Hall–Kier alpha value is 0.350. The van der Waals surface area contributed by atoms with E-state index in [1.807, 2.05) is 6.92 Å². The van der Waals surface area contributed by atoms with Gasteiger partial charge in [0.05, 0.1) is 11.4 Å². The van der Waals surface area contributed by atoms with Gasteiger partial charge in [-0.05, 0) is 32.1 Å². The Morgan fingerprint density at radius 3 is 2.88 bits per heavy atom. The third kappa shape index (κ3) is 1.57. The quantitative estimate of drug-likeness (QED) is 0.575. The fraction of sp³-hybridized carbons (Fsp3) is 1.00. The SMILES string of the molecule is CC(Br)OC1C2CCC3C1OS(=O)(=O)C3C2. The molecule has 4 bridgehead atoms. The van der Waals surface area contributed by atoms with Crippen LogP contribution in [0.25, 0.3) is 0 Å². The number of rotatable bonds is 2. The van der Waals surface area contributed by atoms with Gasteiger partial charge in [-0.25, -0.2) is 0 Å². The van der Waals surface area contributed by atoms with E-state index in [1.165, 1.54) is 0 Å². The maximum atomic E-state index is 11.8. The smallest absolute Gasteiger partial charge is 0.270 e. The molecule has 4 nitrogen and oxygen atoms in total. The van der Waals surface area contributed by atoms with Crippen molar-refractivity contribution in [3.8, 4) is 0 Å². The van der Waals surface area contributed by atoms with E-state index in [4.69, 9.17) is 8.92 Å². The van der Waals surface area contributed by atoms with Crippen molar-refractivity contribution < 1.29 is 17.3 Å². The van der Waals surface area contributed by atoms with Gasteiger partial charge < -0.3 is 4.74 Å². The highest BCUT2D eigenvalue weighted by atomic mass is 79.9. The van der Waals surface area contributed by atoms with Crippen LogP contribution in [0.1, 0.15) is 26.2 Å². The summed E-state index contributed by atoms with van der Waals surface area (Å²) >= 11 is 3.35. The van der Waals surface area contributed by atoms with Gasteiger partial charge in [0, 0.05) is 5.92 Å². The molecule has 4 fully saturated rings. The zero-order valence-corrected chi connectivity index (χ0v) is 11.4. The van der Waals surface area contributed by atoms with E-state index < -0.39 is 10.1 Å². The Morgan fingerprint density at radius 2 is 2.19 bits per heavy atom. The second kappa shape index (κ2) is 3.67. The second-order valence-electron chi connectivity index (χ2n) is 4.97. The molecule has 4 aliphatic rings. The average Bonchev–Trinajstić information content (AvgIpc) is 2.42. The molecular weight excluding hydrogens is 296 g/mol. The molecule has 0 radical (unpaired) electrons. The summed E-state index contributed by atoms with van der Waals surface area (Å²) in [6.45, 7) is 1.91. The molecule has 0 aromatic carbocycles. The topological polar surface area (TPSA) is 52.6 Å². The molecule has 0 aromatic heterocycles. The maximum absolute atomic E-state index is 11.8. The highest BCUT2D eigenvalue weighted by Gasteiger charge is 2.61. The van der Waals surface area contributed by atoms with E-state index in [2.05, 4.69) is 15.9 Å². The first-order valence-corrected chi connectivity index (χ1v) is 8.09. The summed E-state index contributed by atoms with van der Waals surface area (Å²) in [4.78, 5) is 0. The molecule has 6 atom stereocenters. The Kier molecular flexibility index (Phi) is 2.62. The molecule has 16 heavy (non-hydrogen) atoms. The minimum atomic E-state index is -3.32. The molecule has 1 heterocycles. The Labute approximate surface area is 104 Å². The van der Waals surface area contributed by atoms with Crippen LogP contribution < -0.4 is 0 Å². The first-order chi connectivity index (χ1) is 7.49. The van der Waals surface area contributed by atoms with Gasteiger partial charge in [-0.3, -0.25) is 4.18 Å². The zero-order valence-electron chi connectivity index (χ0n) is 9.00. The molecule has 3 aliphatic carbocycles. The van der Waals surface area contributed by atoms with Crippen molar-refractivity contribution in [2.75, 3.05) is 0 Å². The van der Waals surface area contributed by atoms with Crippen LogP contribution in [-0.2, 0) is 19.0 Å². The lowest BCUT2D eigenvalue weighted by Gasteiger charge is -2.44. The number of hydrogen-bond donors (Lipinski definition) is 0. The molecule has 92 valence electrons. The summed E-state index contributed by atoms with van der Waals surface area (Å²) < 4.78 is 34.6. The summed E-state index contributed by atoms with van der Waals surface area (Å²) in [5, 5.41) is -0.316. The molecule has 6 heteroatoms. The summed E-state index contributed by atoms with van der Waals surface area (Å²) in [7, 11) is -3.32. The lowest BCUT2D eigenvalue weighted by atomic mass is 9.67. The summed E-state index contributed by atoms with van der Waals surface area (Å²) in [6.07, 6.45) is 2.47. The third-order valence-electron chi connectivity index (χ3n) is 4.05. The molecular formula is C10H15BrO4S. The van der Waals surface area contributed by atoms with E-state index in [0.29, 0.717) is 12.3 Å². The van der Waals surface area contributed by atoms with Gasteiger partial charge in [0.2, 0.25) is 0 Å². The van der Waals surface area contributed by atoms with Crippen LogP contribution in [0.5, 0.6) is 0 Å². The summed E-state index contributed by atoms with van der Waals surface area (Å²) in [5.41, 5.74) is 0. The van der Waals surface area contributed by atoms with E-state index in [-0.39, 0.29) is 28.4 Å². The van der Waals surface area contributed by atoms with Gasteiger partial charge in [0.25, 0.3) is 10.1 Å². The van der Waals surface area contributed by atoms with Gasteiger partial charge in [0.15, 0.2) is 0 Å². The fourth-order valence-electron chi connectivity index (χ4n) is 3.46. The van der Waals surface area contributed by atoms with E-state index in [9.17, 15) is 8.42 Å². The summed E-state index contributed by atoms with van der Waals surface area (Å²) in [6, 6.07) is 0. The van der Waals surface area contributed by atoms with Crippen molar-refractivity contribution in [3.63, 3.8) is 0 Å². The average molecular weight is 311 g/mol. The number of halogens is 1. The molecule has 0 amide bonds. The Morgan fingerprint density at radius 1 is 1.44 bits per heavy atom. The number of alkyl halides is 1. The lowest BCUT2D eigenvalue weighted by Crippen LogP contribution is -2.51. The normalized spacial score (nSPS) is 50.5. The Bertz CT molecular complexity index is 394. The van der Waals surface area contributed by atoms with Crippen molar-refractivity contribution in [1.29, 1.82) is 0 Å². The van der Waals surface area contributed by atoms with Crippen molar-refractivity contribution >= 4 is 26.0 Å². The molecule has 1 aliphatic heterocycles. The van der Waals surface area contributed by atoms with Crippen LogP contribution in [0, 0.1) is 11.8 Å². The van der Waals surface area contributed by atoms with Crippen LogP contribution in [-0.4, -0.2) is 30.9 Å². The van der Waals surface area contributed by atoms with Crippen LogP contribution in [0.3, 0.4) is 0 Å². The van der Waals surface area contributed by atoms with E-state index >= 15 is 0 Å². The second-order valence-corrected chi connectivity index (χ2v) is 8.05. The maximum Gasteiger partial charge on any atom is 0.270 e. The molecule has 0 spiro atoms. The van der Waals surface area contributed by atoms with E-state index in [0.717, 1.165) is 12.8 Å². The van der Waals surface area contributed by atoms with Gasteiger partial charge in [-0.15, -0.1) is 0 Å². The summed E-state index contributed by atoms with van der Waals surface area (Å²) in [5.74, 6) is 0.503. The molecule has 1 saturated heterocycles. The number of fused-ring (bicyclic) bond motifs is 1. The van der Waals surface area contributed by atoms with Crippen LogP contribution in [0.15, 0.2) is 0 Å². The predicted molar refractivity (Wildman–Crippen MR) is 61.7 cm³/mol. The number of ether oxygens (including phenoxy) is 1.